The molecule has 1 atom stereocenters. The molecule has 0 bridgehead atoms. The smallest absolute Gasteiger partial charge is 0.341 e. The van der Waals surface area contributed by atoms with Gasteiger partial charge in [-0.25, -0.2) is 4.79 Å². The van der Waals surface area contributed by atoms with Crippen molar-refractivity contribution in [2.45, 2.75) is 26.2 Å². The van der Waals surface area contributed by atoms with Crippen LogP contribution in [0.25, 0.3) is 11.3 Å². The van der Waals surface area contributed by atoms with Crippen LogP contribution in [0, 0.1) is 5.92 Å². The van der Waals surface area contributed by atoms with E-state index in [1.54, 1.807) is 24.4 Å². The first-order chi connectivity index (χ1) is 13.6. The molecule has 0 radical (unpaired) electrons. The molecule has 0 spiro atoms. The normalized spacial score (nSPS) is 15.8. The summed E-state index contributed by atoms with van der Waals surface area (Å²) < 4.78 is 15.6. The zero-order chi connectivity index (χ0) is 19.9. The number of furan rings is 1. The Morgan fingerprint density at radius 2 is 2.14 bits per heavy atom. The molecule has 2 heterocycles. The van der Waals surface area contributed by atoms with Crippen molar-refractivity contribution in [3.8, 4) is 11.3 Å². The highest BCUT2D eigenvalue weighted by Gasteiger charge is 2.25. The van der Waals surface area contributed by atoms with Crippen LogP contribution in [0.5, 0.6) is 0 Å². The van der Waals surface area contributed by atoms with Gasteiger partial charge < -0.3 is 19.2 Å². The lowest BCUT2D eigenvalue weighted by Crippen LogP contribution is -2.25. The number of hydrogen-bond donors (Lipinski definition) is 1. The van der Waals surface area contributed by atoms with Gasteiger partial charge in [-0.15, -0.1) is 11.3 Å². The van der Waals surface area contributed by atoms with Crippen LogP contribution >= 0.6 is 11.3 Å². The largest absolute Gasteiger partial charge is 0.464 e. The van der Waals surface area contributed by atoms with Crippen molar-refractivity contribution < 1.29 is 28.3 Å². The molecule has 3 rings (SSSR count). The zero-order valence-electron chi connectivity index (χ0n) is 15.4. The SMILES string of the molecule is CCOC(=O)c1c(-c2ccco2)csc1NC(=O)COC(=O)[C@@H]1CC=CCC1. The van der Waals surface area contributed by atoms with Gasteiger partial charge in [-0.3, -0.25) is 9.59 Å². The minimum Gasteiger partial charge on any atom is -0.464 e. The summed E-state index contributed by atoms with van der Waals surface area (Å²) in [5.41, 5.74) is 0.758. The zero-order valence-corrected chi connectivity index (χ0v) is 16.3. The number of allylic oxidation sites excluding steroid dienone is 2. The van der Waals surface area contributed by atoms with Gasteiger partial charge in [0.05, 0.1) is 18.8 Å². The Morgan fingerprint density at radius 3 is 2.82 bits per heavy atom. The summed E-state index contributed by atoms with van der Waals surface area (Å²) in [6.45, 7) is 1.50. The summed E-state index contributed by atoms with van der Waals surface area (Å²) in [7, 11) is 0. The molecule has 1 amide bonds. The van der Waals surface area contributed by atoms with Crippen LogP contribution in [0.2, 0.25) is 0 Å². The van der Waals surface area contributed by atoms with Crippen LogP contribution < -0.4 is 5.32 Å². The molecule has 0 fully saturated rings. The van der Waals surface area contributed by atoms with Crippen LogP contribution in [-0.4, -0.2) is 31.1 Å². The van der Waals surface area contributed by atoms with Crippen LogP contribution in [0.4, 0.5) is 5.00 Å². The maximum Gasteiger partial charge on any atom is 0.341 e. The quantitative estimate of drug-likeness (QED) is 0.554. The van der Waals surface area contributed by atoms with Gasteiger partial charge in [-0.2, -0.15) is 0 Å². The molecule has 28 heavy (non-hydrogen) atoms. The van der Waals surface area contributed by atoms with Crippen LogP contribution in [0.1, 0.15) is 36.5 Å². The van der Waals surface area contributed by atoms with Gasteiger partial charge >= 0.3 is 11.9 Å². The number of ether oxygens (including phenoxy) is 2. The van der Waals surface area contributed by atoms with Crippen molar-refractivity contribution in [3.63, 3.8) is 0 Å². The molecule has 8 heteroatoms. The Labute approximate surface area is 166 Å². The molecule has 148 valence electrons. The summed E-state index contributed by atoms with van der Waals surface area (Å²) >= 11 is 1.18. The van der Waals surface area contributed by atoms with E-state index in [2.05, 4.69) is 5.32 Å². The van der Waals surface area contributed by atoms with E-state index in [1.165, 1.54) is 17.6 Å². The number of anilines is 1. The average Bonchev–Trinajstić information content (AvgIpc) is 3.36. The molecule has 1 aliphatic carbocycles. The molecule has 1 N–H and O–H groups in total. The molecular formula is C20H21NO6S. The van der Waals surface area contributed by atoms with Crippen molar-refractivity contribution >= 4 is 34.2 Å². The minimum atomic E-state index is -0.559. The third-order valence-corrected chi connectivity index (χ3v) is 5.15. The van der Waals surface area contributed by atoms with E-state index in [4.69, 9.17) is 13.9 Å². The molecule has 0 aliphatic heterocycles. The fraction of sp³-hybridized carbons (Fsp3) is 0.350. The van der Waals surface area contributed by atoms with E-state index in [-0.39, 0.29) is 24.1 Å². The Bertz CT molecular complexity index is 867. The highest BCUT2D eigenvalue weighted by molar-refractivity contribution is 7.15. The van der Waals surface area contributed by atoms with E-state index < -0.39 is 18.5 Å². The number of esters is 2. The Hall–Kier alpha value is -2.87. The van der Waals surface area contributed by atoms with Crippen molar-refractivity contribution in [1.29, 1.82) is 0 Å². The molecule has 0 aromatic carbocycles. The van der Waals surface area contributed by atoms with E-state index in [9.17, 15) is 14.4 Å². The van der Waals surface area contributed by atoms with Crippen molar-refractivity contribution in [2.75, 3.05) is 18.5 Å². The molecule has 2 aromatic rings. The van der Waals surface area contributed by atoms with Gasteiger partial charge in [-0.05, 0) is 38.3 Å². The number of hydrogen-bond acceptors (Lipinski definition) is 7. The fourth-order valence-corrected chi connectivity index (χ4v) is 3.85. The molecule has 0 saturated carbocycles. The number of amides is 1. The summed E-state index contributed by atoms with van der Waals surface area (Å²) in [6.07, 6.45) is 7.66. The molecular weight excluding hydrogens is 382 g/mol. The van der Waals surface area contributed by atoms with Gasteiger partial charge in [-0.1, -0.05) is 12.2 Å². The predicted octanol–water partition coefficient (Wildman–Crippen LogP) is 4.02. The van der Waals surface area contributed by atoms with E-state index in [0.717, 1.165) is 12.8 Å². The lowest BCUT2D eigenvalue weighted by molar-refractivity contribution is -0.151. The Kier molecular flexibility index (Phi) is 6.65. The number of rotatable bonds is 7. The summed E-state index contributed by atoms with van der Waals surface area (Å²) in [6, 6.07) is 3.43. The highest BCUT2D eigenvalue weighted by atomic mass is 32.1. The molecule has 7 nitrogen and oxygen atoms in total. The topological polar surface area (TPSA) is 94.8 Å². The first kappa shape index (κ1) is 19.9. The fourth-order valence-electron chi connectivity index (χ4n) is 2.89. The van der Waals surface area contributed by atoms with E-state index >= 15 is 0 Å². The number of thiophene rings is 1. The molecule has 2 aromatic heterocycles. The maximum absolute atomic E-state index is 12.4. The summed E-state index contributed by atoms with van der Waals surface area (Å²) in [5.74, 6) is -1.17. The van der Waals surface area contributed by atoms with Crippen LogP contribution in [0.3, 0.4) is 0 Å². The predicted molar refractivity (Wildman–Crippen MR) is 104 cm³/mol. The standard InChI is InChI=1S/C20H21NO6S/c1-2-25-20(24)17-14(15-9-6-10-26-15)12-28-18(17)21-16(22)11-27-19(23)13-7-4-3-5-8-13/h3-4,6,9-10,12-13H,2,5,7-8,11H2,1H3,(H,21,22)/t13-/m1/s1. The van der Waals surface area contributed by atoms with Gasteiger partial charge in [0.15, 0.2) is 6.61 Å². The number of carbonyl (C=O) groups excluding carboxylic acids is 3. The third-order valence-electron chi connectivity index (χ3n) is 4.26. The van der Waals surface area contributed by atoms with Crippen molar-refractivity contribution in [3.05, 3.63) is 41.5 Å². The van der Waals surface area contributed by atoms with Gasteiger partial charge in [0, 0.05) is 10.9 Å². The number of nitrogens with one attached hydrogen (secondary N) is 1. The maximum atomic E-state index is 12.4. The van der Waals surface area contributed by atoms with Gasteiger partial charge in [0.2, 0.25) is 0 Å². The van der Waals surface area contributed by atoms with Gasteiger partial charge in [0.1, 0.15) is 16.3 Å². The second-order valence-corrected chi connectivity index (χ2v) is 7.07. The summed E-state index contributed by atoms with van der Waals surface area (Å²) in [5, 5.41) is 4.67. The molecule has 1 aliphatic rings. The molecule has 0 saturated heterocycles. The Morgan fingerprint density at radius 1 is 1.29 bits per heavy atom. The third kappa shape index (κ3) is 4.69. The van der Waals surface area contributed by atoms with Crippen molar-refractivity contribution in [1.82, 2.24) is 0 Å². The monoisotopic (exact) mass is 403 g/mol. The Balaban J connectivity index is 1.67. The van der Waals surface area contributed by atoms with Crippen molar-refractivity contribution in [2.24, 2.45) is 5.92 Å². The van der Waals surface area contributed by atoms with E-state index in [1.807, 2.05) is 12.2 Å². The minimum absolute atomic E-state index is 0.201. The van der Waals surface area contributed by atoms with E-state index in [0.29, 0.717) is 22.7 Å². The van der Waals surface area contributed by atoms with Crippen LogP contribution in [-0.2, 0) is 19.1 Å². The van der Waals surface area contributed by atoms with Crippen LogP contribution in [0.15, 0.2) is 40.3 Å². The lowest BCUT2D eigenvalue weighted by Gasteiger charge is -2.16. The van der Waals surface area contributed by atoms with Gasteiger partial charge in [0.25, 0.3) is 5.91 Å². The highest BCUT2D eigenvalue weighted by Crippen LogP contribution is 2.36. The lowest BCUT2D eigenvalue weighted by atomic mass is 9.95. The second kappa shape index (κ2) is 9.36. The average molecular weight is 403 g/mol. The second-order valence-electron chi connectivity index (χ2n) is 6.19. The molecule has 0 unspecified atom stereocenters. The first-order valence-corrected chi connectivity index (χ1v) is 9.92. The summed E-state index contributed by atoms with van der Waals surface area (Å²) in [4.78, 5) is 36.7. The number of carbonyl (C=O) groups is 3. The first-order valence-electron chi connectivity index (χ1n) is 9.04.